The average Bonchev–Trinajstić information content (AvgIpc) is 3.35. The SMILES string of the molecule is COc1ccccc1Cc1cnc(C2CCCN(C(=O)Cn3ncc4ccccc4c3=O)C2)o1. The van der Waals surface area contributed by atoms with Crippen molar-refractivity contribution in [2.45, 2.75) is 31.7 Å². The first-order chi connectivity index (χ1) is 16.6. The molecule has 174 valence electrons. The van der Waals surface area contributed by atoms with Gasteiger partial charge in [0.25, 0.3) is 5.56 Å². The molecular formula is C26H26N4O4. The smallest absolute Gasteiger partial charge is 0.275 e. The molecular weight excluding hydrogens is 432 g/mol. The van der Waals surface area contributed by atoms with Crippen molar-refractivity contribution in [2.24, 2.45) is 0 Å². The van der Waals surface area contributed by atoms with Gasteiger partial charge in [-0.25, -0.2) is 9.67 Å². The lowest BCUT2D eigenvalue weighted by atomic mass is 9.98. The van der Waals surface area contributed by atoms with E-state index < -0.39 is 0 Å². The number of amides is 1. The molecule has 4 aromatic rings. The van der Waals surface area contributed by atoms with Gasteiger partial charge in [0.1, 0.15) is 18.1 Å². The van der Waals surface area contributed by atoms with E-state index in [-0.39, 0.29) is 23.9 Å². The fourth-order valence-electron chi connectivity index (χ4n) is 4.50. The van der Waals surface area contributed by atoms with Crippen LogP contribution in [0.2, 0.25) is 0 Å². The lowest BCUT2D eigenvalue weighted by molar-refractivity contribution is -0.133. The van der Waals surface area contributed by atoms with E-state index in [9.17, 15) is 9.59 Å². The molecule has 3 heterocycles. The molecule has 0 bridgehead atoms. The Labute approximate surface area is 196 Å². The summed E-state index contributed by atoms with van der Waals surface area (Å²) in [5.74, 6) is 2.10. The summed E-state index contributed by atoms with van der Waals surface area (Å²) in [5.41, 5.74) is 0.773. The first kappa shape index (κ1) is 21.9. The van der Waals surface area contributed by atoms with E-state index in [1.807, 2.05) is 42.5 Å². The van der Waals surface area contributed by atoms with Gasteiger partial charge in [0.15, 0.2) is 5.89 Å². The zero-order valence-corrected chi connectivity index (χ0v) is 19.0. The number of fused-ring (bicyclic) bond motifs is 1. The maximum atomic E-state index is 13.0. The molecule has 8 nitrogen and oxygen atoms in total. The van der Waals surface area contributed by atoms with Gasteiger partial charge in [0, 0.05) is 30.5 Å². The van der Waals surface area contributed by atoms with E-state index in [0.29, 0.717) is 30.8 Å². The number of benzene rings is 2. The number of para-hydroxylation sites is 1. The van der Waals surface area contributed by atoms with Crippen molar-refractivity contribution < 1.29 is 13.9 Å². The van der Waals surface area contributed by atoms with Crippen LogP contribution in [-0.2, 0) is 17.8 Å². The number of piperidine rings is 1. The second-order valence-corrected chi connectivity index (χ2v) is 8.53. The molecule has 0 spiro atoms. The Kier molecular flexibility index (Phi) is 6.12. The van der Waals surface area contributed by atoms with Gasteiger partial charge in [-0.15, -0.1) is 0 Å². The van der Waals surface area contributed by atoms with Crippen LogP contribution in [0.4, 0.5) is 0 Å². The molecule has 8 heteroatoms. The average molecular weight is 459 g/mol. The van der Waals surface area contributed by atoms with Crippen molar-refractivity contribution in [3.8, 4) is 5.75 Å². The summed E-state index contributed by atoms with van der Waals surface area (Å²) in [6, 6.07) is 15.1. The normalized spacial score (nSPS) is 16.0. The van der Waals surface area contributed by atoms with Crippen LogP contribution in [0.25, 0.3) is 10.8 Å². The van der Waals surface area contributed by atoms with Crippen LogP contribution in [0.1, 0.15) is 36.0 Å². The number of carbonyl (C=O) groups is 1. The van der Waals surface area contributed by atoms with Gasteiger partial charge in [-0.2, -0.15) is 5.10 Å². The van der Waals surface area contributed by atoms with Gasteiger partial charge in [-0.3, -0.25) is 9.59 Å². The van der Waals surface area contributed by atoms with Crippen molar-refractivity contribution in [3.63, 3.8) is 0 Å². The van der Waals surface area contributed by atoms with Gasteiger partial charge in [0.2, 0.25) is 5.91 Å². The summed E-state index contributed by atoms with van der Waals surface area (Å²) in [7, 11) is 1.65. The molecule has 1 aliphatic rings. The van der Waals surface area contributed by atoms with Crippen LogP contribution in [0.5, 0.6) is 5.75 Å². The Bertz CT molecular complexity index is 1380. The number of rotatable bonds is 6. The molecule has 34 heavy (non-hydrogen) atoms. The van der Waals surface area contributed by atoms with Crippen molar-refractivity contribution >= 4 is 16.7 Å². The van der Waals surface area contributed by atoms with E-state index in [4.69, 9.17) is 9.15 Å². The number of carbonyl (C=O) groups excluding carboxylic acids is 1. The van der Waals surface area contributed by atoms with Crippen molar-refractivity contribution in [2.75, 3.05) is 20.2 Å². The highest BCUT2D eigenvalue weighted by molar-refractivity contribution is 5.81. The Morgan fingerprint density at radius 2 is 1.97 bits per heavy atom. The number of methoxy groups -OCH3 is 1. The minimum Gasteiger partial charge on any atom is -0.496 e. The van der Waals surface area contributed by atoms with Crippen LogP contribution < -0.4 is 10.3 Å². The number of nitrogens with zero attached hydrogens (tertiary/aromatic N) is 4. The Morgan fingerprint density at radius 1 is 1.15 bits per heavy atom. The second kappa shape index (κ2) is 9.51. The topological polar surface area (TPSA) is 90.5 Å². The van der Waals surface area contributed by atoms with E-state index >= 15 is 0 Å². The number of aromatic nitrogens is 3. The third-order valence-electron chi connectivity index (χ3n) is 6.30. The second-order valence-electron chi connectivity index (χ2n) is 8.53. The fourth-order valence-corrected chi connectivity index (χ4v) is 4.50. The molecule has 0 aliphatic carbocycles. The number of ether oxygens (including phenoxy) is 1. The third-order valence-corrected chi connectivity index (χ3v) is 6.30. The van der Waals surface area contributed by atoms with Crippen LogP contribution >= 0.6 is 0 Å². The summed E-state index contributed by atoms with van der Waals surface area (Å²) in [4.78, 5) is 32.0. The van der Waals surface area contributed by atoms with Crippen molar-refractivity contribution in [1.29, 1.82) is 0 Å². The highest BCUT2D eigenvalue weighted by Crippen LogP contribution is 2.28. The van der Waals surface area contributed by atoms with E-state index in [0.717, 1.165) is 35.3 Å². The van der Waals surface area contributed by atoms with Crippen LogP contribution in [0, 0.1) is 0 Å². The standard InChI is InChI=1S/C26H26N4O4/c1-33-23-11-5-3-7-18(23)13-21-15-27-25(34-21)20-9-6-12-29(16-20)24(31)17-30-26(32)22-10-4-2-8-19(22)14-28-30/h2-5,7-8,10-11,14-15,20H,6,9,12-13,16-17H2,1H3. The molecule has 1 aliphatic heterocycles. The Hall–Kier alpha value is -3.94. The molecule has 1 amide bonds. The predicted molar refractivity (Wildman–Crippen MR) is 127 cm³/mol. The molecule has 2 aromatic heterocycles. The largest absolute Gasteiger partial charge is 0.496 e. The highest BCUT2D eigenvalue weighted by Gasteiger charge is 2.28. The zero-order valence-electron chi connectivity index (χ0n) is 19.0. The van der Waals surface area contributed by atoms with E-state index in [1.165, 1.54) is 4.68 Å². The van der Waals surface area contributed by atoms with E-state index in [2.05, 4.69) is 10.1 Å². The summed E-state index contributed by atoms with van der Waals surface area (Å²) in [5, 5.41) is 5.52. The maximum absolute atomic E-state index is 13.0. The quantitative estimate of drug-likeness (QED) is 0.440. The van der Waals surface area contributed by atoms with Gasteiger partial charge < -0.3 is 14.1 Å². The first-order valence-corrected chi connectivity index (χ1v) is 11.4. The number of hydrogen-bond acceptors (Lipinski definition) is 6. The van der Waals surface area contributed by atoms with Crippen LogP contribution in [0.15, 0.2) is 70.1 Å². The number of hydrogen-bond donors (Lipinski definition) is 0. The molecule has 1 saturated heterocycles. The predicted octanol–water partition coefficient (Wildman–Crippen LogP) is 3.39. The molecule has 5 rings (SSSR count). The number of likely N-dealkylation sites (tertiary alicyclic amines) is 1. The molecule has 1 atom stereocenters. The highest BCUT2D eigenvalue weighted by atomic mass is 16.5. The van der Waals surface area contributed by atoms with Gasteiger partial charge in [0.05, 0.1) is 30.8 Å². The lowest BCUT2D eigenvalue weighted by Crippen LogP contribution is -2.42. The van der Waals surface area contributed by atoms with Crippen molar-refractivity contribution in [3.05, 3.63) is 88.5 Å². The molecule has 1 fully saturated rings. The minimum atomic E-state index is -0.256. The van der Waals surface area contributed by atoms with Gasteiger partial charge in [-0.05, 0) is 25.0 Å². The molecule has 0 radical (unpaired) electrons. The molecule has 0 N–H and O–H groups in total. The van der Waals surface area contributed by atoms with Gasteiger partial charge >= 0.3 is 0 Å². The molecule has 1 unspecified atom stereocenters. The first-order valence-electron chi connectivity index (χ1n) is 11.4. The van der Waals surface area contributed by atoms with Crippen LogP contribution in [0.3, 0.4) is 0 Å². The minimum absolute atomic E-state index is 0.0189. The summed E-state index contributed by atoms with van der Waals surface area (Å²) < 4.78 is 12.7. The molecule has 2 aromatic carbocycles. The lowest BCUT2D eigenvalue weighted by Gasteiger charge is -2.31. The van der Waals surface area contributed by atoms with Gasteiger partial charge in [-0.1, -0.05) is 36.4 Å². The summed E-state index contributed by atoms with van der Waals surface area (Å²) in [6.45, 7) is 1.07. The maximum Gasteiger partial charge on any atom is 0.275 e. The number of oxazole rings is 1. The van der Waals surface area contributed by atoms with Crippen molar-refractivity contribution in [1.82, 2.24) is 19.7 Å². The Balaban J connectivity index is 1.27. The third kappa shape index (κ3) is 4.44. The van der Waals surface area contributed by atoms with Crippen LogP contribution in [-0.4, -0.2) is 45.8 Å². The van der Waals surface area contributed by atoms with E-state index in [1.54, 1.807) is 30.5 Å². The summed E-state index contributed by atoms with van der Waals surface area (Å²) in [6.07, 6.45) is 5.70. The summed E-state index contributed by atoms with van der Waals surface area (Å²) >= 11 is 0. The fraction of sp³-hybridized carbons (Fsp3) is 0.308. The Morgan fingerprint density at radius 3 is 2.85 bits per heavy atom. The monoisotopic (exact) mass is 458 g/mol. The molecule has 0 saturated carbocycles. The zero-order chi connectivity index (χ0) is 23.5.